The summed E-state index contributed by atoms with van der Waals surface area (Å²) in [6.07, 6.45) is -8.70. The predicted octanol–water partition coefficient (Wildman–Crippen LogP) is 3.17. The van der Waals surface area contributed by atoms with Gasteiger partial charge in [-0.3, -0.25) is 0 Å². The van der Waals surface area contributed by atoms with Crippen molar-refractivity contribution in [3.05, 3.63) is 0 Å². The van der Waals surface area contributed by atoms with Crippen LogP contribution in [0.5, 0.6) is 0 Å². The van der Waals surface area contributed by atoms with E-state index in [1.54, 1.807) is 0 Å². The zero-order valence-electron chi connectivity index (χ0n) is 16.3. The summed E-state index contributed by atoms with van der Waals surface area (Å²) in [4.78, 5) is 0. The molecule has 0 aliphatic carbocycles. The minimum absolute atomic E-state index is 0.0250. The van der Waals surface area contributed by atoms with Gasteiger partial charge in [-0.15, -0.1) is 0 Å². The van der Waals surface area contributed by atoms with Crippen LogP contribution in [-0.4, -0.2) is 42.9 Å². The molecular weight excluding hydrogens is 402 g/mol. The molecule has 3 rings (SSSR count). The summed E-state index contributed by atoms with van der Waals surface area (Å²) in [5.41, 5.74) is 11.2. The number of hydrogen-bond acceptors (Lipinski definition) is 5. The van der Waals surface area contributed by atoms with E-state index >= 15 is 0 Å². The second-order valence-electron chi connectivity index (χ2n) is 8.74. The summed E-state index contributed by atoms with van der Waals surface area (Å²) >= 11 is 0. The Labute approximate surface area is 166 Å². The lowest BCUT2D eigenvalue weighted by molar-refractivity contribution is -0.214. The van der Waals surface area contributed by atoms with Crippen molar-refractivity contribution in [3.8, 4) is 0 Å². The molecule has 3 heterocycles. The molecule has 5 N–H and O–H groups in total. The van der Waals surface area contributed by atoms with E-state index in [1.807, 2.05) is 6.92 Å². The van der Waals surface area contributed by atoms with Crippen molar-refractivity contribution in [2.24, 2.45) is 23.5 Å². The van der Waals surface area contributed by atoms with E-state index in [0.29, 0.717) is 32.1 Å². The van der Waals surface area contributed by atoms with Crippen LogP contribution < -0.4 is 21.9 Å². The average Bonchev–Trinajstić information content (AvgIpc) is 3.05. The lowest BCUT2D eigenvalue weighted by Gasteiger charge is -2.44. The number of nitrogens with two attached hydrogens (primary N) is 1. The van der Waals surface area contributed by atoms with E-state index in [1.165, 1.54) is 0 Å². The van der Waals surface area contributed by atoms with Gasteiger partial charge >= 0.3 is 12.4 Å². The van der Waals surface area contributed by atoms with E-state index in [4.69, 9.17) is 10.5 Å². The van der Waals surface area contributed by atoms with Crippen molar-refractivity contribution < 1.29 is 31.1 Å². The van der Waals surface area contributed by atoms with E-state index < -0.39 is 54.8 Å². The Morgan fingerprint density at radius 2 is 1.45 bits per heavy atom. The molecule has 0 aromatic rings. The first-order valence-corrected chi connectivity index (χ1v) is 10.3. The molecule has 0 amide bonds. The maximum absolute atomic E-state index is 13.6. The van der Waals surface area contributed by atoms with Crippen LogP contribution in [0.1, 0.15) is 51.9 Å². The highest BCUT2D eigenvalue weighted by atomic mass is 19.4. The Hall–Kier alpha value is -0.620. The van der Waals surface area contributed by atoms with Crippen molar-refractivity contribution in [2.75, 3.05) is 0 Å². The smallest absolute Gasteiger partial charge is 0.340 e. The molecule has 3 saturated heterocycles. The molecule has 0 aromatic heterocycles. The molecule has 7 unspecified atom stereocenters. The van der Waals surface area contributed by atoms with E-state index in [-0.39, 0.29) is 18.8 Å². The van der Waals surface area contributed by atoms with Crippen molar-refractivity contribution in [1.29, 1.82) is 0 Å². The van der Waals surface area contributed by atoms with Gasteiger partial charge in [0.1, 0.15) is 12.5 Å². The second-order valence-corrected chi connectivity index (χ2v) is 8.74. The topological polar surface area (TPSA) is 71.3 Å². The Kier molecular flexibility index (Phi) is 7.04. The van der Waals surface area contributed by atoms with Gasteiger partial charge < -0.3 is 15.8 Å². The molecule has 5 nitrogen and oxygen atoms in total. The number of alkyl halides is 6. The fraction of sp³-hybridized carbons (Fsp3) is 1.00. The molecule has 0 saturated carbocycles. The van der Waals surface area contributed by atoms with Gasteiger partial charge in [0.25, 0.3) is 0 Å². The van der Waals surface area contributed by atoms with Crippen LogP contribution in [0.4, 0.5) is 26.3 Å². The number of ether oxygens (including phenoxy) is 1. The monoisotopic (exact) mass is 432 g/mol. The summed E-state index contributed by atoms with van der Waals surface area (Å²) in [7, 11) is 0. The lowest BCUT2D eigenvalue weighted by atomic mass is 9.79. The number of hydrogen-bond donors (Lipinski definition) is 4. The fourth-order valence-corrected chi connectivity index (χ4v) is 4.83. The van der Waals surface area contributed by atoms with Gasteiger partial charge in [0.2, 0.25) is 0 Å². The van der Waals surface area contributed by atoms with Gasteiger partial charge in [0.15, 0.2) is 0 Å². The Morgan fingerprint density at radius 3 is 2.10 bits per heavy atom. The minimum atomic E-state index is -4.44. The van der Waals surface area contributed by atoms with E-state index in [2.05, 4.69) is 16.2 Å². The third kappa shape index (κ3) is 5.55. The van der Waals surface area contributed by atoms with Gasteiger partial charge in [-0.05, 0) is 25.2 Å². The van der Waals surface area contributed by atoms with Crippen LogP contribution in [0.25, 0.3) is 0 Å². The van der Waals surface area contributed by atoms with E-state index in [9.17, 15) is 26.3 Å². The highest BCUT2D eigenvalue weighted by molar-refractivity contribution is 5.00. The molecule has 4 bridgehead atoms. The molecule has 3 aliphatic heterocycles. The molecule has 0 spiro atoms. The van der Waals surface area contributed by atoms with Crippen LogP contribution >= 0.6 is 0 Å². The molecule has 3 aliphatic rings. The number of rotatable bonds is 0. The Morgan fingerprint density at radius 1 is 0.828 bits per heavy atom. The molecule has 29 heavy (non-hydrogen) atoms. The third-order valence-electron chi connectivity index (χ3n) is 6.44. The van der Waals surface area contributed by atoms with E-state index in [0.717, 1.165) is 0 Å². The first-order valence-electron chi connectivity index (χ1n) is 10.3. The van der Waals surface area contributed by atoms with Crippen molar-refractivity contribution in [1.82, 2.24) is 16.2 Å². The average molecular weight is 432 g/mol. The number of halogens is 6. The highest BCUT2D eigenvalue weighted by Gasteiger charge is 2.53. The summed E-state index contributed by atoms with van der Waals surface area (Å²) in [5.74, 6) is -3.26. The summed E-state index contributed by atoms with van der Waals surface area (Å²) in [5, 5.41) is 2.97. The first kappa shape index (κ1) is 23.1. The van der Waals surface area contributed by atoms with Crippen molar-refractivity contribution in [2.45, 2.75) is 94.8 Å². The van der Waals surface area contributed by atoms with Gasteiger partial charge in [-0.1, -0.05) is 32.6 Å². The summed E-state index contributed by atoms with van der Waals surface area (Å²) in [6.45, 7) is 1.89. The lowest BCUT2D eigenvalue weighted by Crippen LogP contribution is -2.66. The van der Waals surface area contributed by atoms with Crippen LogP contribution in [0, 0.1) is 17.8 Å². The van der Waals surface area contributed by atoms with Crippen LogP contribution in [0.15, 0.2) is 0 Å². The number of piperidine rings is 1. The molecular formula is C18H30F6N4O. The SMILES string of the molecule is CC1CCCCC[C@@H](C(F)(F)F)C2NNC(O2)C2NC(C1)C(C(F)(F)F)CC2N. The maximum atomic E-state index is 13.6. The zero-order valence-corrected chi connectivity index (χ0v) is 16.3. The van der Waals surface area contributed by atoms with Gasteiger partial charge in [0, 0.05) is 12.1 Å². The highest BCUT2D eigenvalue weighted by Crippen LogP contribution is 2.40. The quantitative estimate of drug-likeness (QED) is 0.443. The van der Waals surface area contributed by atoms with Crippen molar-refractivity contribution in [3.63, 3.8) is 0 Å². The van der Waals surface area contributed by atoms with Gasteiger partial charge in [0.05, 0.1) is 17.9 Å². The first-order chi connectivity index (χ1) is 13.5. The molecule has 0 aromatic carbocycles. The van der Waals surface area contributed by atoms with Crippen LogP contribution in [-0.2, 0) is 4.74 Å². The molecule has 8 atom stereocenters. The van der Waals surface area contributed by atoms with Gasteiger partial charge in [-0.25, -0.2) is 10.9 Å². The molecule has 3 fully saturated rings. The maximum Gasteiger partial charge on any atom is 0.395 e. The Balaban J connectivity index is 1.82. The minimum Gasteiger partial charge on any atom is -0.340 e. The van der Waals surface area contributed by atoms with Crippen molar-refractivity contribution >= 4 is 0 Å². The molecule has 11 heteroatoms. The van der Waals surface area contributed by atoms with Crippen LogP contribution in [0.2, 0.25) is 0 Å². The normalized spacial score (nSPS) is 43.0. The predicted molar refractivity (Wildman–Crippen MR) is 94.2 cm³/mol. The largest absolute Gasteiger partial charge is 0.395 e. The fourth-order valence-electron chi connectivity index (χ4n) is 4.83. The van der Waals surface area contributed by atoms with Crippen LogP contribution in [0.3, 0.4) is 0 Å². The summed E-state index contributed by atoms with van der Waals surface area (Å²) < 4.78 is 87.0. The van der Waals surface area contributed by atoms with Gasteiger partial charge in [-0.2, -0.15) is 26.3 Å². The molecule has 0 radical (unpaired) electrons. The molecule has 170 valence electrons. The second kappa shape index (κ2) is 8.86. The number of fused-ring (bicyclic) bond motifs is 5. The third-order valence-corrected chi connectivity index (χ3v) is 6.44. The summed E-state index contributed by atoms with van der Waals surface area (Å²) in [6, 6.07) is -2.47. The zero-order chi connectivity index (χ0) is 21.4. The number of hydrazine groups is 1. The Bertz CT molecular complexity index is 545. The number of nitrogens with one attached hydrogen (secondary N) is 3. The standard InChI is InChI=1S/C18H30F6N4O/c1-9-5-3-2-4-6-10(17(19,20)21)15-27-28-16(29-15)14-12(25)8-11(18(22,23)24)13(7-9)26-14/h9-16,26-28H,2-8,25H2,1H3/t9?,10-,11?,12?,13?,14?,15?,16?/m1/s1.